The van der Waals surface area contributed by atoms with E-state index in [1.54, 1.807) is 10.9 Å². The van der Waals surface area contributed by atoms with Gasteiger partial charge >= 0.3 is 0 Å². The van der Waals surface area contributed by atoms with Crippen molar-refractivity contribution in [2.75, 3.05) is 0 Å². The Balaban J connectivity index is 2.28. The van der Waals surface area contributed by atoms with Crippen LogP contribution in [0, 0.1) is 0 Å². The molecular weight excluding hydrogens is 212 g/mol. The van der Waals surface area contributed by atoms with E-state index >= 15 is 0 Å². The Morgan fingerprint density at radius 3 is 2.82 bits per heavy atom. The van der Waals surface area contributed by atoms with Crippen molar-refractivity contribution < 1.29 is 0 Å². The summed E-state index contributed by atoms with van der Waals surface area (Å²) in [6.45, 7) is 0.497. The first-order chi connectivity index (χ1) is 8.38. The van der Waals surface area contributed by atoms with Gasteiger partial charge in [-0.2, -0.15) is 5.10 Å². The normalized spacial score (nSPS) is 10.9. The summed E-state index contributed by atoms with van der Waals surface area (Å²) in [5.74, 6) is 0.800. The summed E-state index contributed by atoms with van der Waals surface area (Å²) < 4.78 is 1.74. The van der Waals surface area contributed by atoms with Gasteiger partial charge in [-0.25, -0.2) is 9.67 Å². The standard InChI is InChI=1S/C13H12N4/c14-9-10-8-13(17-7-3-6-15-17)16-12-5-2-1-4-11(10)12/h1-8H,9,14H2. The molecule has 0 bridgehead atoms. The molecule has 0 aliphatic heterocycles. The van der Waals surface area contributed by atoms with Crippen molar-refractivity contribution in [3.05, 3.63) is 54.4 Å². The largest absolute Gasteiger partial charge is 0.326 e. The first kappa shape index (κ1) is 9.99. The number of nitrogens with two attached hydrogens (primary N) is 1. The van der Waals surface area contributed by atoms with Gasteiger partial charge in [-0.3, -0.25) is 0 Å². The van der Waals surface area contributed by atoms with E-state index in [9.17, 15) is 0 Å². The highest BCUT2D eigenvalue weighted by atomic mass is 15.3. The Bertz CT molecular complexity index is 644. The SMILES string of the molecule is NCc1cc(-n2cccn2)nc2ccccc12. The number of aromatic nitrogens is 3. The van der Waals surface area contributed by atoms with Crippen LogP contribution in [0.5, 0.6) is 0 Å². The predicted octanol–water partition coefficient (Wildman–Crippen LogP) is 1.88. The number of hydrogen-bond acceptors (Lipinski definition) is 3. The molecule has 0 saturated heterocycles. The van der Waals surface area contributed by atoms with Crippen molar-refractivity contribution in [2.24, 2.45) is 5.73 Å². The zero-order valence-corrected chi connectivity index (χ0v) is 9.24. The summed E-state index contributed by atoms with van der Waals surface area (Å²) >= 11 is 0. The summed E-state index contributed by atoms with van der Waals surface area (Å²) in [6, 6.07) is 11.9. The fourth-order valence-electron chi connectivity index (χ4n) is 1.92. The molecule has 2 heterocycles. The van der Waals surface area contributed by atoms with Gasteiger partial charge in [0, 0.05) is 24.3 Å². The minimum Gasteiger partial charge on any atom is -0.326 e. The lowest BCUT2D eigenvalue weighted by atomic mass is 10.1. The number of para-hydroxylation sites is 1. The van der Waals surface area contributed by atoms with Gasteiger partial charge in [0.25, 0.3) is 0 Å². The van der Waals surface area contributed by atoms with Crippen molar-refractivity contribution in [1.29, 1.82) is 0 Å². The monoisotopic (exact) mass is 224 g/mol. The summed E-state index contributed by atoms with van der Waals surface area (Å²) in [7, 11) is 0. The smallest absolute Gasteiger partial charge is 0.154 e. The van der Waals surface area contributed by atoms with Crippen LogP contribution in [0.1, 0.15) is 5.56 Å². The minimum absolute atomic E-state index is 0.497. The van der Waals surface area contributed by atoms with Crippen LogP contribution in [-0.4, -0.2) is 14.8 Å². The lowest BCUT2D eigenvalue weighted by Crippen LogP contribution is -2.03. The second kappa shape index (κ2) is 3.99. The second-order valence-electron chi connectivity index (χ2n) is 3.81. The van der Waals surface area contributed by atoms with E-state index in [2.05, 4.69) is 10.1 Å². The summed E-state index contributed by atoms with van der Waals surface area (Å²) in [6.07, 6.45) is 3.61. The third-order valence-corrected chi connectivity index (χ3v) is 2.75. The van der Waals surface area contributed by atoms with Gasteiger partial charge in [0.2, 0.25) is 0 Å². The van der Waals surface area contributed by atoms with Crippen LogP contribution < -0.4 is 5.73 Å². The van der Waals surface area contributed by atoms with Gasteiger partial charge in [0.1, 0.15) is 0 Å². The molecular formula is C13H12N4. The highest BCUT2D eigenvalue weighted by Crippen LogP contribution is 2.19. The van der Waals surface area contributed by atoms with Crippen molar-refractivity contribution in [3.8, 4) is 5.82 Å². The highest BCUT2D eigenvalue weighted by molar-refractivity contribution is 5.83. The number of rotatable bonds is 2. The summed E-state index contributed by atoms with van der Waals surface area (Å²) in [4.78, 5) is 4.57. The van der Waals surface area contributed by atoms with E-state index in [4.69, 9.17) is 5.73 Å². The molecule has 3 aromatic rings. The lowest BCUT2D eigenvalue weighted by molar-refractivity contribution is 0.848. The van der Waals surface area contributed by atoms with E-state index in [0.29, 0.717) is 6.54 Å². The Hall–Kier alpha value is -2.20. The molecule has 0 fully saturated rings. The molecule has 4 nitrogen and oxygen atoms in total. The Morgan fingerprint density at radius 2 is 2.06 bits per heavy atom. The molecule has 17 heavy (non-hydrogen) atoms. The molecule has 0 unspecified atom stereocenters. The third kappa shape index (κ3) is 1.68. The first-order valence-corrected chi connectivity index (χ1v) is 5.47. The molecule has 4 heteroatoms. The summed E-state index contributed by atoms with van der Waals surface area (Å²) in [5, 5.41) is 5.28. The van der Waals surface area contributed by atoms with Crippen molar-refractivity contribution in [3.63, 3.8) is 0 Å². The minimum atomic E-state index is 0.497. The lowest BCUT2D eigenvalue weighted by Gasteiger charge is -2.07. The van der Waals surface area contributed by atoms with Crippen LogP contribution in [0.2, 0.25) is 0 Å². The molecule has 0 aliphatic carbocycles. The highest BCUT2D eigenvalue weighted by Gasteiger charge is 2.05. The van der Waals surface area contributed by atoms with Crippen LogP contribution in [0.15, 0.2) is 48.8 Å². The van der Waals surface area contributed by atoms with Crippen LogP contribution in [-0.2, 0) is 6.54 Å². The van der Waals surface area contributed by atoms with E-state index in [-0.39, 0.29) is 0 Å². The van der Waals surface area contributed by atoms with Crippen LogP contribution >= 0.6 is 0 Å². The average molecular weight is 224 g/mol. The van der Waals surface area contributed by atoms with E-state index in [1.807, 2.05) is 42.6 Å². The average Bonchev–Trinajstić information content (AvgIpc) is 2.91. The number of fused-ring (bicyclic) bond motifs is 1. The topological polar surface area (TPSA) is 56.7 Å². The molecule has 2 N–H and O–H groups in total. The number of benzene rings is 1. The van der Waals surface area contributed by atoms with Gasteiger partial charge in [-0.1, -0.05) is 18.2 Å². The molecule has 0 atom stereocenters. The van der Waals surface area contributed by atoms with Gasteiger partial charge < -0.3 is 5.73 Å². The molecule has 0 amide bonds. The first-order valence-electron chi connectivity index (χ1n) is 5.47. The Labute approximate surface area is 98.7 Å². The third-order valence-electron chi connectivity index (χ3n) is 2.75. The van der Waals surface area contributed by atoms with Gasteiger partial charge in [-0.05, 0) is 23.8 Å². The molecule has 0 radical (unpaired) electrons. The maximum atomic E-state index is 5.78. The second-order valence-corrected chi connectivity index (χ2v) is 3.81. The van der Waals surface area contributed by atoms with Crippen molar-refractivity contribution in [2.45, 2.75) is 6.54 Å². The maximum absolute atomic E-state index is 5.78. The molecule has 0 spiro atoms. The van der Waals surface area contributed by atoms with E-state index in [1.165, 1.54) is 0 Å². The zero-order chi connectivity index (χ0) is 11.7. The Morgan fingerprint density at radius 1 is 1.18 bits per heavy atom. The van der Waals surface area contributed by atoms with Crippen molar-refractivity contribution in [1.82, 2.24) is 14.8 Å². The van der Waals surface area contributed by atoms with Gasteiger partial charge in [0.05, 0.1) is 5.52 Å². The van der Waals surface area contributed by atoms with Gasteiger partial charge in [-0.15, -0.1) is 0 Å². The van der Waals surface area contributed by atoms with E-state index in [0.717, 1.165) is 22.3 Å². The van der Waals surface area contributed by atoms with Crippen LogP contribution in [0.3, 0.4) is 0 Å². The van der Waals surface area contributed by atoms with Gasteiger partial charge in [0.15, 0.2) is 5.82 Å². The van der Waals surface area contributed by atoms with E-state index < -0.39 is 0 Å². The fraction of sp³-hybridized carbons (Fsp3) is 0.0769. The Kier molecular flexibility index (Phi) is 2.34. The number of hydrogen-bond donors (Lipinski definition) is 1. The number of pyridine rings is 1. The summed E-state index contributed by atoms with van der Waals surface area (Å²) in [5.41, 5.74) is 7.81. The molecule has 0 aliphatic rings. The fourth-order valence-corrected chi connectivity index (χ4v) is 1.92. The van der Waals surface area contributed by atoms with Crippen LogP contribution in [0.25, 0.3) is 16.7 Å². The maximum Gasteiger partial charge on any atom is 0.154 e. The molecule has 2 aromatic heterocycles. The molecule has 84 valence electrons. The number of nitrogens with zero attached hydrogens (tertiary/aromatic N) is 3. The van der Waals surface area contributed by atoms with Crippen LogP contribution in [0.4, 0.5) is 0 Å². The molecule has 1 aromatic carbocycles. The molecule has 0 saturated carbocycles. The quantitative estimate of drug-likeness (QED) is 0.723. The zero-order valence-electron chi connectivity index (χ0n) is 9.24. The molecule has 3 rings (SSSR count). The van der Waals surface area contributed by atoms with Crippen molar-refractivity contribution >= 4 is 10.9 Å². The predicted molar refractivity (Wildman–Crippen MR) is 66.8 cm³/mol.